The minimum Gasteiger partial charge on any atom is -0.469 e. The maximum atomic E-state index is 12.4. The maximum Gasteiger partial charge on any atom is 0.410 e. The van der Waals surface area contributed by atoms with Crippen LogP contribution in [0.3, 0.4) is 0 Å². The third-order valence-electron chi connectivity index (χ3n) is 5.21. The summed E-state index contributed by atoms with van der Waals surface area (Å²) < 4.78 is 10.2. The minimum atomic E-state index is -0.467. The number of nitrogens with zero attached hydrogens (tertiary/aromatic N) is 3. The van der Waals surface area contributed by atoms with E-state index in [1.807, 2.05) is 39.6 Å². The normalized spacial score (nSPS) is 15.7. The summed E-state index contributed by atoms with van der Waals surface area (Å²) in [5.41, 5.74) is -0.467. The van der Waals surface area contributed by atoms with E-state index in [0.717, 1.165) is 64.2 Å². The van der Waals surface area contributed by atoms with Gasteiger partial charge in [0.25, 0.3) is 0 Å². The fraction of sp³-hybridized carbons (Fsp3) is 0.864. The molecule has 1 N–H and O–H groups in total. The molecule has 1 amide bonds. The van der Waals surface area contributed by atoms with Gasteiger partial charge in [0.05, 0.1) is 7.11 Å². The first-order chi connectivity index (χ1) is 14.2. The fourth-order valence-corrected chi connectivity index (χ4v) is 3.50. The third kappa shape index (κ3) is 10.2. The van der Waals surface area contributed by atoms with Crippen LogP contribution in [-0.4, -0.2) is 80.3 Å². The highest BCUT2D eigenvalue weighted by Crippen LogP contribution is 2.20. The Bertz CT molecular complexity index is 552. The molecule has 0 bridgehead atoms. The number of unbranched alkanes of at least 4 members (excludes halogenated alkanes) is 2. The van der Waals surface area contributed by atoms with Gasteiger partial charge in [-0.2, -0.15) is 0 Å². The Hall–Kier alpha value is -1.99. The summed E-state index contributed by atoms with van der Waals surface area (Å²) in [6.45, 7) is 11.8. The highest BCUT2D eigenvalue weighted by atomic mass is 16.6. The zero-order valence-corrected chi connectivity index (χ0v) is 19.8. The van der Waals surface area contributed by atoms with Gasteiger partial charge >= 0.3 is 12.1 Å². The molecule has 8 heteroatoms. The van der Waals surface area contributed by atoms with Crippen LogP contribution < -0.4 is 5.32 Å². The predicted molar refractivity (Wildman–Crippen MR) is 120 cm³/mol. The number of amides is 1. The number of methoxy groups -OCH3 is 1. The number of hydrogen-bond donors (Lipinski definition) is 1. The molecule has 0 spiro atoms. The lowest BCUT2D eigenvalue weighted by Gasteiger charge is -2.36. The zero-order chi connectivity index (χ0) is 22.6. The lowest BCUT2D eigenvalue weighted by Crippen LogP contribution is -2.48. The average Bonchev–Trinajstić information content (AvgIpc) is 2.70. The summed E-state index contributed by atoms with van der Waals surface area (Å²) in [5, 5.41) is 3.43. The molecule has 8 nitrogen and oxygen atoms in total. The van der Waals surface area contributed by atoms with Crippen LogP contribution >= 0.6 is 0 Å². The van der Waals surface area contributed by atoms with Crippen LogP contribution in [-0.2, 0) is 14.3 Å². The van der Waals surface area contributed by atoms with Crippen LogP contribution in [0.2, 0.25) is 0 Å². The second-order valence-corrected chi connectivity index (χ2v) is 8.81. The van der Waals surface area contributed by atoms with Crippen molar-refractivity contribution in [1.29, 1.82) is 0 Å². The van der Waals surface area contributed by atoms with Gasteiger partial charge in [0.2, 0.25) is 0 Å². The first-order valence-corrected chi connectivity index (χ1v) is 11.2. The predicted octanol–water partition coefficient (Wildman–Crippen LogP) is 3.26. The van der Waals surface area contributed by atoms with Gasteiger partial charge in [-0.1, -0.05) is 6.42 Å². The molecule has 0 saturated carbocycles. The number of likely N-dealkylation sites (tertiary alicyclic amines) is 1. The Labute approximate surface area is 182 Å². The molecule has 1 saturated heterocycles. The van der Waals surface area contributed by atoms with Gasteiger partial charge in [0.1, 0.15) is 5.60 Å². The third-order valence-corrected chi connectivity index (χ3v) is 5.21. The van der Waals surface area contributed by atoms with Gasteiger partial charge in [-0.15, -0.1) is 0 Å². The summed E-state index contributed by atoms with van der Waals surface area (Å²) in [7, 11) is 3.24. The van der Waals surface area contributed by atoms with Crippen LogP contribution in [0.25, 0.3) is 0 Å². The zero-order valence-electron chi connectivity index (χ0n) is 19.8. The molecular formula is C22H42N4O4. The van der Waals surface area contributed by atoms with Gasteiger partial charge < -0.3 is 24.6 Å². The summed E-state index contributed by atoms with van der Waals surface area (Å²) in [4.78, 5) is 32.0. The number of hydrogen-bond acceptors (Lipinski definition) is 5. The molecule has 0 aromatic rings. The summed E-state index contributed by atoms with van der Waals surface area (Å²) in [5.74, 6) is 1.26. The topological polar surface area (TPSA) is 83.5 Å². The van der Waals surface area contributed by atoms with E-state index in [2.05, 4.69) is 19.9 Å². The van der Waals surface area contributed by atoms with Crippen molar-refractivity contribution in [3.8, 4) is 0 Å². The molecule has 1 aliphatic heterocycles. The van der Waals surface area contributed by atoms with Crippen molar-refractivity contribution in [2.24, 2.45) is 10.9 Å². The number of rotatable bonds is 9. The van der Waals surface area contributed by atoms with Crippen LogP contribution in [0.4, 0.5) is 4.79 Å². The first kappa shape index (κ1) is 26.0. The van der Waals surface area contributed by atoms with Crippen molar-refractivity contribution >= 4 is 18.0 Å². The lowest BCUT2D eigenvalue weighted by atomic mass is 9.96. The Morgan fingerprint density at radius 1 is 1.17 bits per heavy atom. The summed E-state index contributed by atoms with van der Waals surface area (Å²) >= 11 is 0. The summed E-state index contributed by atoms with van der Waals surface area (Å²) in [6, 6.07) is 0. The highest BCUT2D eigenvalue weighted by molar-refractivity contribution is 5.79. The van der Waals surface area contributed by atoms with Crippen molar-refractivity contribution in [3.05, 3.63) is 0 Å². The molecule has 1 rings (SSSR count). The van der Waals surface area contributed by atoms with E-state index in [1.54, 1.807) is 0 Å². The Kier molecular flexibility index (Phi) is 11.6. The number of carbonyl (C=O) groups excluding carboxylic acids is 2. The smallest absolute Gasteiger partial charge is 0.410 e. The quantitative estimate of drug-likeness (QED) is 0.264. The number of piperidine rings is 1. The van der Waals surface area contributed by atoms with Crippen molar-refractivity contribution in [2.75, 3.05) is 46.9 Å². The van der Waals surface area contributed by atoms with Crippen LogP contribution in [0.5, 0.6) is 0 Å². The van der Waals surface area contributed by atoms with E-state index in [0.29, 0.717) is 18.9 Å². The van der Waals surface area contributed by atoms with E-state index < -0.39 is 5.60 Å². The van der Waals surface area contributed by atoms with Crippen LogP contribution in [0, 0.1) is 5.92 Å². The second kappa shape index (κ2) is 13.3. The molecule has 30 heavy (non-hydrogen) atoms. The number of carbonyl (C=O) groups is 2. The molecule has 0 radical (unpaired) electrons. The SMILES string of the molecule is CCN(CC1CCN(C(=NC)NCCCCCC(=O)OC)CC1)C(=O)OC(C)(C)C. The molecule has 0 unspecified atom stereocenters. The number of esters is 1. The van der Waals surface area contributed by atoms with Crippen LogP contribution in [0.1, 0.15) is 66.2 Å². The largest absolute Gasteiger partial charge is 0.469 e. The summed E-state index contributed by atoms with van der Waals surface area (Å²) in [6.07, 6.45) is 5.14. The average molecular weight is 427 g/mol. The van der Waals surface area contributed by atoms with Gasteiger partial charge in [-0.05, 0) is 59.3 Å². The fourth-order valence-electron chi connectivity index (χ4n) is 3.50. The molecule has 0 atom stereocenters. The molecule has 0 aromatic carbocycles. The molecule has 0 aliphatic carbocycles. The number of aliphatic imine (C=N–C) groups is 1. The van der Waals surface area contributed by atoms with Crippen molar-refractivity contribution < 1.29 is 19.1 Å². The van der Waals surface area contributed by atoms with Crippen molar-refractivity contribution in [3.63, 3.8) is 0 Å². The number of nitrogens with one attached hydrogen (secondary N) is 1. The molecular weight excluding hydrogens is 384 g/mol. The van der Waals surface area contributed by atoms with Crippen molar-refractivity contribution in [2.45, 2.75) is 71.8 Å². The van der Waals surface area contributed by atoms with E-state index >= 15 is 0 Å². The van der Waals surface area contributed by atoms with Gasteiger partial charge in [0, 0.05) is 46.2 Å². The van der Waals surface area contributed by atoms with Gasteiger partial charge in [0.15, 0.2) is 5.96 Å². The van der Waals surface area contributed by atoms with Gasteiger partial charge in [-0.25, -0.2) is 4.79 Å². The molecule has 1 fully saturated rings. The Morgan fingerprint density at radius 3 is 2.37 bits per heavy atom. The minimum absolute atomic E-state index is 0.144. The van der Waals surface area contributed by atoms with E-state index in [9.17, 15) is 9.59 Å². The van der Waals surface area contributed by atoms with Crippen molar-refractivity contribution in [1.82, 2.24) is 15.1 Å². The molecule has 174 valence electrons. The highest BCUT2D eigenvalue weighted by Gasteiger charge is 2.27. The maximum absolute atomic E-state index is 12.4. The number of ether oxygens (including phenoxy) is 2. The van der Waals surface area contributed by atoms with E-state index in [4.69, 9.17) is 4.74 Å². The van der Waals surface area contributed by atoms with E-state index in [-0.39, 0.29) is 12.1 Å². The second-order valence-electron chi connectivity index (χ2n) is 8.81. The number of guanidine groups is 1. The lowest BCUT2D eigenvalue weighted by molar-refractivity contribution is -0.140. The standard InChI is InChI=1S/C22H42N4O4/c1-7-25(21(28)30-22(2,3)4)17-18-12-15-26(16-13-18)20(23-5)24-14-10-8-9-11-19(27)29-6/h18H,7-17H2,1-6H3,(H,23,24). The molecule has 1 heterocycles. The monoisotopic (exact) mass is 426 g/mol. The van der Waals surface area contributed by atoms with Crippen LogP contribution in [0.15, 0.2) is 4.99 Å². The molecule has 1 aliphatic rings. The Balaban J connectivity index is 2.33. The molecule has 0 aromatic heterocycles. The van der Waals surface area contributed by atoms with Gasteiger partial charge in [-0.3, -0.25) is 9.79 Å². The van der Waals surface area contributed by atoms with E-state index in [1.165, 1.54) is 7.11 Å². The first-order valence-electron chi connectivity index (χ1n) is 11.2. The Morgan fingerprint density at radius 2 is 1.83 bits per heavy atom.